The molecule has 0 aliphatic carbocycles. The molecule has 1 heterocycles. The molecule has 0 unspecified atom stereocenters. The molecule has 2 aromatic carbocycles. The van der Waals surface area contributed by atoms with Crippen molar-refractivity contribution in [3.05, 3.63) is 59.3 Å². The van der Waals surface area contributed by atoms with E-state index in [1.165, 1.54) is 13.3 Å². The maximum Gasteiger partial charge on any atom is 0.341 e. The average Bonchev–Trinajstić information content (AvgIpc) is 2.73. The van der Waals surface area contributed by atoms with E-state index in [1.807, 2.05) is 25.1 Å². The molecule has 0 saturated heterocycles. The van der Waals surface area contributed by atoms with E-state index in [9.17, 15) is 9.59 Å². The lowest BCUT2D eigenvalue weighted by atomic mass is 10.1. The molecule has 150 valence electrons. The number of anilines is 2. The summed E-state index contributed by atoms with van der Waals surface area (Å²) in [5.74, 6) is -0.383. The van der Waals surface area contributed by atoms with Crippen molar-refractivity contribution in [2.75, 3.05) is 26.1 Å². The van der Waals surface area contributed by atoms with Gasteiger partial charge in [0.2, 0.25) is 0 Å². The third-order valence-corrected chi connectivity index (χ3v) is 4.40. The normalized spacial score (nSPS) is 10.5. The second-order valence-electron chi connectivity index (χ2n) is 6.32. The molecule has 0 aliphatic heterocycles. The highest BCUT2D eigenvalue weighted by Gasteiger charge is 2.19. The molecule has 7 heteroatoms. The smallest absolute Gasteiger partial charge is 0.341 e. The summed E-state index contributed by atoms with van der Waals surface area (Å²) >= 11 is 0. The van der Waals surface area contributed by atoms with Gasteiger partial charge in [-0.1, -0.05) is 6.07 Å². The number of carbonyl (C=O) groups is 2. The molecule has 29 heavy (non-hydrogen) atoms. The van der Waals surface area contributed by atoms with Crippen LogP contribution in [0.2, 0.25) is 0 Å². The Balaban J connectivity index is 2.24. The van der Waals surface area contributed by atoms with Crippen LogP contribution in [0.4, 0.5) is 11.4 Å². The third-order valence-electron chi connectivity index (χ3n) is 4.40. The molecule has 0 spiro atoms. The maximum absolute atomic E-state index is 12.6. The highest BCUT2D eigenvalue weighted by atomic mass is 16.5. The lowest BCUT2D eigenvalue weighted by molar-refractivity contribution is 0.0526. The van der Waals surface area contributed by atoms with Gasteiger partial charge in [-0.05, 0) is 49.7 Å². The molecule has 0 radical (unpaired) electrons. The van der Waals surface area contributed by atoms with Crippen LogP contribution in [-0.2, 0) is 9.47 Å². The minimum Gasteiger partial charge on any atom is -0.495 e. The summed E-state index contributed by atoms with van der Waals surface area (Å²) in [4.78, 5) is 28.9. The number of pyridine rings is 1. The Kier molecular flexibility index (Phi) is 5.97. The Morgan fingerprint density at radius 1 is 1.07 bits per heavy atom. The standard InChI is InChI=1S/C22H22N2O5/c1-5-29-22(26)16-12-23-17-8-7-14(21(25)28-4)11-15(17)20(16)24-18-10-13(2)6-9-19(18)27-3/h6-12H,5H2,1-4H3,(H,23,24). The summed E-state index contributed by atoms with van der Waals surface area (Å²) in [5, 5.41) is 3.87. The SMILES string of the molecule is CCOC(=O)c1cnc2ccc(C(=O)OC)cc2c1Nc1cc(C)ccc1OC. The van der Waals surface area contributed by atoms with Gasteiger partial charge in [0, 0.05) is 11.6 Å². The fourth-order valence-corrected chi connectivity index (χ4v) is 2.99. The quantitative estimate of drug-likeness (QED) is 0.625. The molecule has 3 rings (SSSR count). The fourth-order valence-electron chi connectivity index (χ4n) is 2.99. The lowest BCUT2D eigenvalue weighted by Crippen LogP contribution is -2.10. The zero-order chi connectivity index (χ0) is 21.0. The number of ether oxygens (including phenoxy) is 3. The van der Waals surface area contributed by atoms with Crippen molar-refractivity contribution in [1.29, 1.82) is 0 Å². The first kappa shape index (κ1) is 20.1. The number of carbonyl (C=O) groups excluding carboxylic acids is 2. The van der Waals surface area contributed by atoms with Gasteiger partial charge >= 0.3 is 11.9 Å². The Hall–Kier alpha value is -3.61. The predicted molar refractivity (Wildman–Crippen MR) is 110 cm³/mol. The van der Waals surface area contributed by atoms with Crippen molar-refractivity contribution in [3.63, 3.8) is 0 Å². The lowest BCUT2D eigenvalue weighted by Gasteiger charge is -2.17. The number of rotatable bonds is 6. The average molecular weight is 394 g/mol. The molecular weight excluding hydrogens is 372 g/mol. The van der Waals surface area contributed by atoms with Crippen LogP contribution >= 0.6 is 0 Å². The largest absolute Gasteiger partial charge is 0.495 e. The van der Waals surface area contributed by atoms with Gasteiger partial charge in [0.1, 0.15) is 11.3 Å². The minimum absolute atomic E-state index is 0.228. The van der Waals surface area contributed by atoms with Gasteiger partial charge in [-0.2, -0.15) is 0 Å². The molecule has 1 N–H and O–H groups in total. The van der Waals surface area contributed by atoms with Crippen molar-refractivity contribution in [2.45, 2.75) is 13.8 Å². The summed E-state index contributed by atoms with van der Waals surface area (Å²) < 4.78 is 15.5. The first-order valence-electron chi connectivity index (χ1n) is 9.08. The van der Waals surface area contributed by atoms with E-state index >= 15 is 0 Å². The number of hydrogen-bond donors (Lipinski definition) is 1. The van der Waals surface area contributed by atoms with Gasteiger partial charge in [0.15, 0.2) is 0 Å². The molecule has 0 atom stereocenters. The number of esters is 2. The number of hydrogen-bond acceptors (Lipinski definition) is 7. The van der Waals surface area contributed by atoms with E-state index in [0.717, 1.165) is 5.56 Å². The number of benzene rings is 2. The van der Waals surface area contributed by atoms with Crippen LogP contribution in [0.25, 0.3) is 10.9 Å². The zero-order valence-electron chi connectivity index (χ0n) is 16.7. The van der Waals surface area contributed by atoms with Crippen LogP contribution in [0.1, 0.15) is 33.2 Å². The van der Waals surface area contributed by atoms with Crippen LogP contribution in [0, 0.1) is 6.92 Å². The predicted octanol–water partition coefficient (Wildman–Crippen LogP) is 4.26. The molecule has 7 nitrogen and oxygen atoms in total. The number of methoxy groups -OCH3 is 2. The number of fused-ring (bicyclic) bond motifs is 1. The monoisotopic (exact) mass is 394 g/mol. The third kappa shape index (κ3) is 4.13. The molecule has 0 aliphatic rings. The first-order chi connectivity index (χ1) is 14.0. The van der Waals surface area contributed by atoms with Crippen molar-refractivity contribution < 1.29 is 23.8 Å². The summed E-state index contributed by atoms with van der Waals surface area (Å²) in [6.07, 6.45) is 1.46. The van der Waals surface area contributed by atoms with Gasteiger partial charge in [-0.25, -0.2) is 9.59 Å². The Bertz CT molecular complexity index is 1080. The molecule has 0 amide bonds. The maximum atomic E-state index is 12.6. The molecule has 3 aromatic rings. The number of aryl methyl sites for hydroxylation is 1. The van der Waals surface area contributed by atoms with E-state index in [2.05, 4.69) is 10.3 Å². The van der Waals surface area contributed by atoms with Gasteiger partial charge in [-0.15, -0.1) is 0 Å². The van der Waals surface area contributed by atoms with Gasteiger partial charge in [0.25, 0.3) is 0 Å². The summed E-state index contributed by atoms with van der Waals surface area (Å²) in [5.41, 5.74) is 3.38. The van der Waals surface area contributed by atoms with E-state index in [0.29, 0.717) is 33.6 Å². The van der Waals surface area contributed by atoms with Crippen LogP contribution in [0.15, 0.2) is 42.6 Å². The molecule has 0 bridgehead atoms. The van der Waals surface area contributed by atoms with Crippen molar-refractivity contribution in [2.24, 2.45) is 0 Å². The Morgan fingerprint density at radius 2 is 1.86 bits per heavy atom. The van der Waals surface area contributed by atoms with Gasteiger partial charge in [0.05, 0.1) is 43.3 Å². The van der Waals surface area contributed by atoms with Gasteiger partial charge in [-0.3, -0.25) is 4.98 Å². The van der Waals surface area contributed by atoms with Crippen LogP contribution < -0.4 is 10.1 Å². The highest BCUT2D eigenvalue weighted by Crippen LogP contribution is 2.34. The van der Waals surface area contributed by atoms with Crippen LogP contribution in [0.3, 0.4) is 0 Å². The van der Waals surface area contributed by atoms with Crippen molar-refractivity contribution >= 4 is 34.2 Å². The van der Waals surface area contributed by atoms with Crippen molar-refractivity contribution in [1.82, 2.24) is 4.98 Å². The van der Waals surface area contributed by atoms with E-state index in [1.54, 1.807) is 32.2 Å². The van der Waals surface area contributed by atoms with E-state index in [4.69, 9.17) is 14.2 Å². The Morgan fingerprint density at radius 3 is 2.55 bits per heavy atom. The number of nitrogens with zero attached hydrogens (tertiary/aromatic N) is 1. The van der Waals surface area contributed by atoms with E-state index in [-0.39, 0.29) is 12.2 Å². The fraction of sp³-hybridized carbons (Fsp3) is 0.227. The van der Waals surface area contributed by atoms with Crippen LogP contribution in [-0.4, -0.2) is 37.7 Å². The summed E-state index contributed by atoms with van der Waals surface area (Å²) in [6.45, 7) is 3.92. The zero-order valence-corrected chi connectivity index (χ0v) is 16.7. The van der Waals surface area contributed by atoms with Crippen molar-refractivity contribution in [3.8, 4) is 5.75 Å². The second-order valence-corrected chi connectivity index (χ2v) is 6.32. The minimum atomic E-state index is -0.514. The number of aromatic nitrogens is 1. The summed E-state index contributed by atoms with van der Waals surface area (Å²) in [6, 6.07) is 10.6. The Labute approximate surface area is 168 Å². The second kappa shape index (κ2) is 8.60. The number of nitrogens with one attached hydrogen (secondary N) is 1. The molecule has 0 fully saturated rings. The van der Waals surface area contributed by atoms with Crippen LogP contribution in [0.5, 0.6) is 5.75 Å². The molecule has 0 saturated carbocycles. The summed E-state index contributed by atoms with van der Waals surface area (Å²) in [7, 11) is 2.89. The molecule has 1 aromatic heterocycles. The first-order valence-corrected chi connectivity index (χ1v) is 9.08. The van der Waals surface area contributed by atoms with E-state index < -0.39 is 11.9 Å². The highest BCUT2D eigenvalue weighted by molar-refractivity contribution is 6.08. The van der Waals surface area contributed by atoms with Gasteiger partial charge < -0.3 is 19.5 Å². The topological polar surface area (TPSA) is 86.8 Å². The molecular formula is C22H22N2O5.